The summed E-state index contributed by atoms with van der Waals surface area (Å²) in [4.78, 5) is 1.79. The summed E-state index contributed by atoms with van der Waals surface area (Å²) < 4.78 is 33.6. The second kappa shape index (κ2) is 8.18. The first-order valence-electron chi connectivity index (χ1n) is 13.8. The summed E-state index contributed by atoms with van der Waals surface area (Å²) in [5.74, 6) is -1.19. The molecule has 0 N–H and O–H groups in total. The summed E-state index contributed by atoms with van der Waals surface area (Å²) in [6.45, 7) is -0.0902. The molecule has 2 nitrogen and oxygen atoms in total. The van der Waals surface area contributed by atoms with Gasteiger partial charge in [-0.25, -0.2) is 8.78 Å². The minimum Gasteiger partial charge on any atom is -0.310 e. The van der Waals surface area contributed by atoms with Crippen molar-refractivity contribution in [2.24, 2.45) is 0 Å². The Hall–Kier alpha value is -5.16. The summed E-state index contributed by atoms with van der Waals surface area (Å²) in [7, 11) is 0. The molecule has 0 saturated carbocycles. The number of aromatic nitrogens is 1. The topological polar surface area (TPSA) is 8.17 Å². The summed E-state index contributed by atoms with van der Waals surface area (Å²) in [5.41, 5.74) is 10.1. The highest BCUT2D eigenvalue weighted by atomic mass is 19.1. The minimum atomic E-state index is -0.595. The van der Waals surface area contributed by atoms with Gasteiger partial charge < -0.3 is 9.47 Å². The van der Waals surface area contributed by atoms with Crippen LogP contribution in [0.4, 0.5) is 25.8 Å². The SMILES string of the molecule is Fc1cccc(F)c1N1c2ccccc2B2c3c1cc(-c1ccccc1)cc3-n1c3ccccc3c3cccc2c31. The Morgan fingerprint density at radius 2 is 1.17 bits per heavy atom. The fourth-order valence-electron chi connectivity index (χ4n) is 7.10. The van der Waals surface area contributed by atoms with E-state index in [9.17, 15) is 0 Å². The maximum absolute atomic E-state index is 15.6. The Morgan fingerprint density at radius 1 is 0.512 bits per heavy atom. The predicted octanol–water partition coefficient (Wildman–Crippen LogP) is 7.34. The zero-order valence-corrected chi connectivity index (χ0v) is 21.9. The van der Waals surface area contributed by atoms with Crippen LogP contribution in [0.5, 0.6) is 0 Å². The molecule has 6 aromatic carbocycles. The highest BCUT2D eigenvalue weighted by Crippen LogP contribution is 2.44. The molecule has 2 aliphatic heterocycles. The number of hydrogen-bond donors (Lipinski definition) is 0. The molecule has 0 amide bonds. The van der Waals surface area contributed by atoms with Gasteiger partial charge in [-0.05, 0) is 63.9 Å². The molecular weight excluding hydrogens is 509 g/mol. The van der Waals surface area contributed by atoms with Gasteiger partial charge in [-0.2, -0.15) is 0 Å². The maximum atomic E-state index is 15.6. The molecule has 3 heterocycles. The number of hydrogen-bond acceptors (Lipinski definition) is 1. The van der Waals surface area contributed by atoms with E-state index >= 15 is 8.78 Å². The van der Waals surface area contributed by atoms with Crippen molar-refractivity contribution in [3.63, 3.8) is 0 Å². The Bertz CT molecular complexity index is 2180. The minimum absolute atomic E-state index is 0.0628. The molecule has 192 valence electrons. The lowest BCUT2D eigenvalue weighted by molar-refractivity contribution is 0.586. The third-order valence-electron chi connectivity index (χ3n) is 8.70. The van der Waals surface area contributed by atoms with Crippen LogP contribution in [0.3, 0.4) is 0 Å². The van der Waals surface area contributed by atoms with Crippen molar-refractivity contribution in [1.29, 1.82) is 0 Å². The maximum Gasteiger partial charge on any atom is 0.252 e. The van der Waals surface area contributed by atoms with Crippen LogP contribution in [-0.2, 0) is 0 Å². The van der Waals surface area contributed by atoms with Crippen LogP contribution in [0.1, 0.15) is 0 Å². The van der Waals surface area contributed by atoms with Gasteiger partial charge >= 0.3 is 0 Å². The van der Waals surface area contributed by atoms with Gasteiger partial charge in [-0.15, -0.1) is 0 Å². The first-order chi connectivity index (χ1) is 20.2. The molecule has 1 aromatic heterocycles. The molecule has 0 unspecified atom stereocenters. The fourth-order valence-corrected chi connectivity index (χ4v) is 7.10. The zero-order chi connectivity index (χ0) is 27.2. The van der Waals surface area contributed by atoms with Crippen molar-refractivity contribution in [2.75, 3.05) is 4.90 Å². The van der Waals surface area contributed by atoms with E-state index in [0.717, 1.165) is 44.6 Å². The van der Waals surface area contributed by atoms with Gasteiger partial charge in [0.05, 0.1) is 5.52 Å². The molecular formula is C36H21BF2N2. The van der Waals surface area contributed by atoms with E-state index in [4.69, 9.17) is 0 Å². The third-order valence-corrected chi connectivity index (χ3v) is 8.70. The lowest BCUT2D eigenvalue weighted by atomic mass is 9.33. The van der Waals surface area contributed by atoms with E-state index in [1.807, 2.05) is 36.4 Å². The smallest absolute Gasteiger partial charge is 0.252 e. The van der Waals surface area contributed by atoms with Gasteiger partial charge in [-0.1, -0.05) is 91.0 Å². The largest absolute Gasteiger partial charge is 0.310 e. The van der Waals surface area contributed by atoms with Crippen LogP contribution < -0.4 is 21.3 Å². The van der Waals surface area contributed by atoms with E-state index in [2.05, 4.69) is 77.4 Å². The fraction of sp³-hybridized carbons (Fsp3) is 0. The molecule has 5 heteroatoms. The van der Waals surface area contributed by atoms with Crippen LogP contribution in [0, 0.1) is 11.6 Å². The standard InChI is InChI=1S/C36H21BF2N2/c38-28-16-9-17-29(39)36(28)41-31-19-7-5-14-26(31)37-27-15-8-13-25-24-12-4-6-18-30(24)40(35(25)27)32-20-23(21-33(41)34(32)37)22-10-2-1-3-11-22/h1-21H. The van der Waals surface area contributed by atoms with Gasteiger partial charge in [0.25, 0.3) is 6.71 Å². The normalized spacial score (nSPS) is 13.0. The van der Waals surface area contributed by atoms with Gasteiger partial charge in [0.2, 0.25) is 0 Å². The molecule has 0 bridgehead atoms. The van der Waals surface area contributed by atoms with Crippen LogP contribution in [-0.4, -0.2) is 11.3 Å². The second-order valence-corrected chi connectivity index (χ2v) is 10.8. The van der Waals surface area contributed by atoms with Gasteiger partial charge in [0.1, 0.15) is 17.3 Å². The molecule has 2 aliphatic rings. The monoisotopic (exact) mass is 530 g/mol. The predicted molar refractivity (Wildman–Crippen MR) is 165 cm³/mol. The Kier molecular flexibility index (Phi) is 4.52. The van der Waals surface area contributed by atoms with E-state index in [1.165, 1.54) is 40.0 Å². The zero-order valence-electron chi connectivity index (χ0n) is 21.9. The molecule has 0 aliphatic carbocycles. The number of anilines is 3. The molecule has 0 fully saturated rings. The highest BCUT2D eigenvalue weighted by Gasteiger charge is 2.43. The van der Waals surface area contributed by atoms with E-state index < -0.39 is 11.6 Å². The number of benzene rings is 6. The molecule has 0 atom stereocenters. The average Bonchev–Trinajstić information content (AvgIpc) is 3.36. The molecule has 9 rings (SSSR count). The molecule has 41 heavy (non-hydrogen) atoms. The second-order valence-electron chi connectivity index (χ2n) is 10.8. The van der Waals surface area contributed by atoms with Crippen LogP contribution >= 0.6 is 0 Å². The van der Waals surface area contributed by atoms with E-state index in [-0.39, 0.29) is 12.4 Å². The summed E-state index contributed by atoms with van der Waals surface area (Å²) in [5, 5.41) is 2.39. The van der Waals surface area contributed by atoms with Crippen molar-refractivity contribution < 1.29 is 8.78 Å². The number of fused-ring (bicyclic) bond motifs is 7. The Balaban J connectivity index is 1.50. The van der Waals surface area contributed by atoms with Crippen LogP contribution in [0.2, 0.25) is 0 Å². The van der Waals surface area contributed by atoms with Gasteiger partial charge in [-0.3, -0.25) is 0 Å². The first-order valence-corrected chi connectivity index (χ1v) is 13.8. The van der Waals surface area contributed by atoms with Crippen molar-refractivity contribution in [2.45, 2.75) is 0 Å². The molecule has 0 spiro atoms. The van der Waals surface area contributed by atoms with Crippen molar-refractivity contribution in [3.8, 4) is 16.8 Å². The number of halogens is 2. The van der Waals surface area contributed by atoms with Crippen LogP contribution in [0.15, 0.2) is 127 Å². The van der Waals surface area contributed by atoms with Crippen molar-refractivity contribution >= 4 is 62.0 Å². The highest BCUT2D eigenvalue weighted by molar-refractivity contribution is 7.00. The quantitative estimate of drug-likeness (QED) is 0.212. The summed E-state index contributed by atoms with van der Waals surface area (Å²) in [6, 6.07) is 41.7. The van der Waals surface area contributed by atoms with Crippen molar-refractivity contribution in [1.82, 2.24) is 4.57 Å². The average molecular weight is 530 g/mol. The summed E-state index contributed by atoms with van der Waals surface area (Å²) in [6.07, 6.45) is 0. The molecule has 0 saturated heterocycles. The number of nitrogens with zero attached hydrogens (tertiary/aromatic N) is 2. The molecule has 7 aromatic rings. The van der Waals surface area contributed by atoms with Gasteiger partial charge in [0.15, 0.2) is 0 Å². The molecule has 0 radical (unpaired) electrons. The third kappa shape index (κ3) is 2.95. The lowest BCUT2D eigenvalue weighted by Gasteiger charge is -2.40. The summed E-state index contributed by atoms with van der Waals surface area (Å²) >= 11 is 0. The Labute approximate surface area is 235 Å². The number of rotatable bonds is 2. The van der Waals surface area contributed by atoms with E-state index in [0.29, 0.717) is 0 Å². The van der Waals surface area contributed by atoms with E-state index in [1.54, 1.807) is 4.90 Å². The Morgan fingerprint density at radius 3 is 2.02 bits per heavy atom. The lowest BCUT2D eigenvalue weighted by Crippen LogP contribution is -2.60. The number of para-hydroxylation sites is 4. The van der Waals surface area contributed by atoms with Crippen molar-refractivity contribution in [3.05, 3.63) is 139 Å². The van der Waals surface area contributed by atoms with Crippen LogP contribution in [0.25, 0.3) is 38.6 Å². The van der Waals surface area contributed by atoms with Gasteiger partial charge in [0, 0.05) is 33.4 Å². The first kappa shape index (κ1) is 22.6.